The average Bonchev–Trinajstić information content (AvgIpc) is 2.50. The fraction of sp³-hybridized carbons (Fsp3) is 0.444. The molecule has 1 aliphatic rings. The molecule has 1 aliphatic carbocycles. The summed E-state index contributed by atoms with van der Waals surface area (Å²) in [5.74, 6) is -0.708. The van der Waals surface area contributed by atoms with Crippen molar-refractivity contribution in [3.8, 4) is 0 Å². The fourth-order valence-electron chi connectivity index (χ4n) is 2.52. The second kappa shape index (κ2) is 7.25. The van der Waals surface area contributed by atoms with Crippen molar-refractivity contribution >= 4 is 17.6 Å². The summed E-state index contributed by atoms with van der Waals surface area (Å²) < 4.78 is 5.30. The molecule has 0 heterocycles. The summed E-state index contributed by atoms with van der Waals surface area (Å²) in [6, 6.07) is 5.80. The van der Waals surface area contributed by atoms with Crippen molar-refractivity contribution < 1.29 is 14.3 Å². The lowest BCUT2D eigenvalue weighted by molar-refractivity contribution is -0.157. The lowest BCUT2D eigenvalue weighted by Gasteiger charge is -2.20. The monoisotopic (exact) mass is 301 g/mol. The van der Waals surface area contributed by atoms with Crippen molar-refractivity contribution in [3.05, 3.63) is 41.5 Å². The minimum atomic E-state index is -0.792. The van der Waals surface area contributed by atoms with Crippen LogP contribution in [0.4, 0.5) is 5.69 Å². The van der Waals surface area contributed by atoms with Crippen LogP contribution in [0.2, 0.25) is 0 Å². The molecular weight excluding hydrogens is 278 g/mol. The molecule has 1 amide bonds. The van der Waals surface area contributed by atoms with Gasteiger partial charge in [0.25, 0.3) is 5.91 Å². The van der Waals surface area contributed by atoms with E-state index in [9.17, 15) is 9.59 Å². The number of ether oxygens (including phenoxy) is 1. The maximum absolute atomic E-state index is 12.2. The Balaban J connectivity index is 1.91. The first-order chi connectivity index (χ1) is 10.5. The Kier molecular flexibility index (Phi) is 5.36. The first-order valence-corrected chi connectivity index (χ1v) is 7.71. The third-order valence-electron chi connectivity index (χ3n) is 3.90. The smallest absolute Gasteiger partial charge is 0.310 e. The quantitative estimate of drug-likeness (QED) is 0.683. The number of aryl methyl sites for hydroxylation is 2. The number of rotatable bonds is 4. The standard InChI is InChI=1S/C18H23NO3/c1-12-9-10-16(13(2)11-12)19-17(20)14(3)22-18(21)15-7-5-4-6-8-15/h4-5,9-11,14-15H,6-8H2,1-3H3,(H,19,20)/t14-,15+/m0/s1. The van der Waals surface area contributed by atoms with Gasteiger partial charge < -0.3 is 10.1 Å². The molecule has 118 valence electrons. The van der Waals surface area contributed by atoms with Crippen LogP contribution in [-0.2, 0) is 14.3 Å². The summed E-state index contributed by atoms with van der Waals surface area (Å²) in [6.07, 6.45) is 5.66. The lowest BCUT2D eigenvalue weighted by atomic mass is 9.95. The Labute approximate surface area is 131 Å². The number of hydrogen-bond acceptors (Lipinski definition) is 3. The SMILES string of the molecule is Cc1ccc(NC(=O)[C@H](C)OC(=O)[C@@H]2CC=CCC2)c(C)c1. The molecule has 0 aromatic heterocycles. The number of hydrogen-bond donors (Lipinski definition) is 1. The highest BCUT2D eigenvalue weighted by Crippen LogP contribution is 2.21. The Morgan fingerprint density at radius 2 is 2.05 bits per heavy atom. The van der Waals surface area contributed by atoms with Gasteiger partial charge in [0.05, 0.1) is 5.92 Å². The van der Waals surface area contributed by atoms with Gasteiger partial charge in [0.2, 0.25) is 0 Å². The molecule has 2 rings (SSSR count). The van der Waals surface area contributed by atoms with Gasteiger partial charge in [0.1, 0.15) is 0 Å². The van der Waals surface area contributed by atoms with Gasteiger partial charge in [-0.15, -0.1) is 0 Å². The maximum Gasteiger partial charge on any atom is 0.310 e. The summed E-state index contributed by atoms with van der Waals surface area (Å²) in [5, 5.41) is 2.82. The molecule has 22 heavy (non-hydrogen) atoms. The van der Waals surface area contributed by atoms with Crippen molar-refractivity contribution in [1.82, 2.24) is 0 Å². The molecule has 1 aromatic carbocycles. The van der Waals surface area contributed by atoms with Gasteiger partial charge in [-0.2, -0.15) is 0 Å². The van der Waals surface area contributed by atoms with Crippen molar-refractivity contribution in [2.45, 2.75) is 46.1 Å². The highest BCUT2D eigenvalue weighted by molar-refractivity contribution is 5.95. The zero-order valence-corrected chi connectivity index (χ0v) is 13.4. The van der Waals surface area contributed by atoms with E-state index >= 15 is 0 Å². The molecule has 0 spiro atoms. The lowest BCUT2D eigenvalue weighted by Crippen LogP contribution is -2.32. The number of carbonyl (C=O) groups is 2. The number of benzene rings is 1. The molecule has 0 bridgehead atoms. The van der Waals surface area contributed by atoms with E-state index in [1.54, 1.807) is 6.92 Å². The van der Waals surface area contributed by atoms with Crippen LogP contribution in [0.25, 0.3) is 0 Å². The molecule has 4 nitrogen and oxygen atoms in total. The van der Waals surface area contributed by atoms with E-state index in [2.05, 4.69) is 11.4 Å². The molecule has 4 heteroatoms. The van der Waals surface area contributed by atoms with Gasteiger partial charge in [0, 0.05) is 5.69 Å². The largest absolute Gasteiger partial charge is 0.452 e. The maximum atomic E-state index is 12.2. The predicted octanol–water partition coefficient (Wildman–Crippen LogP) is 3.53. The summed E-state index contributed by atoms with van der Waals surface area (Å²) in [7, 11) is 0. The topological polar surface area (TPSA) is 55.4 Å². The molecule has 1 N–H and O–H groups in total. The van der Waals surface area contributed by atoms with E-state index in [4.69, 9.17) is 4.74 Å². The second-order valence-electron chi connectivity index (χ2n) is 5.87. The Morgan fingerprint density at radius 1 is 1.27 bits per heavy atom. The van der Waals surface area contributed by atoms with Crippen LogP contribution in [0, 0.1) is 19.8 Å². The highest BCUT2D eigenvalue weighted by Gasteiger charge is 2.25. The van der Waals surface area contributed by atoms with Gasteiger partial charge in [-0.25, -0.2) is 0 Å². The van der Waals surface area contributed by atoms with E-state index in [-0.39, 0.29) is 17.8 Å². The van der Waals surface area contributed by atoms with Crippen molar-refractivity contribution in [1.29, 1.82) is 0 Å². The van der Waals surface area contributed by atoms with Gasteiger partial charge in [-0.3, -0.25) is 9.59 Å². The molecular formula is C18H23NO3. The molecule has 0 aliphatic heterocycles. The molecule has 0 unspecified atom stereocenters. The first kappa shape index (κ1) is 16.3. The number of allylic oxidation sites excluding steroid dienone is 2. The van der Waals surface area contributed by atoms with E-state index in [1.165, 1.54) is 0 Å². The summed E-state index contributed by atoms with van der Waals surface area (Å²) >= 11 is 0. The third kappa shape index (κ3) is 4.20. The Bertz CT molecular complexity index is 592. The summed E-state index contributed by atoms with van der Waals surface area (Å²) in [5.41, 5.74) is 2.88. The predicted molar refractivity (Wildman–Crippen MR) is 86.6 cm³/mol. The zero-order chi connectivity index (χ0) is 16.1. The normalized spacial score (nSPS) is 18.6. The number of anilines is 1. The van der Waals surface area contributed by atoms with Crippen molar-refractivity contribution in [2.24, 2.45) is 5.92 Å². The third-order valence-corrected chi connectivity index (χ3v) is 3.90. The van der Waals surface area contributed by atoms with Gasteiger partial charge in [-0.05, 0) is 51.7 Å². The van der Waals surface area contributed by atoms with Crippen LogP contribution in [0.3, 0.4) is 0 Å². The zero-order valence-electron chi connectivity index (χ0n) is 13.4. The molecule has 0 saturated carbocycles. The van der Waals surface area contributed by atoms with E-state index in [0.29, 0.717) is 6.42 Å². The molecule has 0 fully saturated rings. The average molecular weight is 301 g/mol. The van der Waals surface area contributed by atoms with Crippen LogP contribution in [0.1, 0.15) is 37.3 Å². The molecule has 0 radical (unpaired) electrons. The van der Waals surface area contributed by atoms with Crippen LogP contribution in [0.5, 0.6) is 0 Å². The van der Waals surface area contributed by atoms with Crippen LogP contribution >= 0.6 is 0 Å². The van der Waals surface area contributed by atoms with Crippen molar-refractivity contribution in [2.75, 3.05) is 5.32 Å². The minimum Gasteiger partial charge on any atom is -0.452 e. The Hall–Kier alpha value is -2.10. The van der Waals surface area contributed by atoms with E-state index in [0.717, 1.165) is 29.7 Å². The minimum absolute atomic E-state index is 0.124. The first-order valence-electron chi connectivity index (χ1n) is 7.71. The summed E-state index contributed by atoms with van der Waals surface area (Å²) in [6.45, 7) is 5.55. The molecule has 0 saturated heterocycles. The van der Waals surface area contributed by atoms with Crippen LogP contribution < -0.4 is 5.32 Å². The number of carbonyl (C=O) groups excluding carboxylic acids is 2. The Morgan fingerprint density at radius 3 is 2.68 bits per heavy atom. The fourth-order valence-corrected chi connectivity index (χ4v) is 2.52. The number of amides is 1. The van der Waals surface area contributed by atoms with Crippen LogP contribution in [0.15, 0.2) is 30.4 Å². The van der Waals surface area contributed by atoms with E-state index < -0.39 is 6.10 Å². The number of esters is 1. The van der Waals surface area contributed by atoms with Crippen molar-refractivity contribution in [3.63, 3.8) is 0 Å². The van der Waals surface area contributed by atoms with E-state index in [1.807, 2.05) is 38.1 Å². The molecule has 2 atom stereocenters. The van der Waals surface area contributed by atoms with Gasteiger partial charge >= 0.3 is 5.97 Å². The van der Waals surface area contributed by atoms with Gasteiger partial charge in [-0.1, -0.05) is 29.8 Å². The number of nitrogens with one attached hydrogen (secondary N) is 1. The second-order valence-corrected chi connectivity index (χ2v) is 5.87. The van der Waals surface area contributed by atoms with Gasteiger partial charge in [0.15, 0.2) is 6.10 Å². The summed E-state index contributed by atoms with van der Waals surface area (Å²) in [4.78, 5) is 24.2. The molecule has 1 aromatic rings. The highest BCUT2D eigenvalue weighted by atomic mass is 16.5. The van der Waals surface area contributed by atoms with Crippen LogP contribution in [-0.4, -0.2) is 18.0 Å².